The third-order valence-electron chi connectivity index (χ3n) is 6.21. The number of benzene rings is 3. The monoisotopic (exact) mass is 416 g/mol. The number of ether oxygens (including phenoxy) is 1. The Morgan fingerprint density at radius 1 is 1.00 bits per heavy atom. The molecule has 0 radical (unpaired) electrons. The van der Waals surface area contributed by atoms with Crippen LogP contribution < -0.4 is 15.0 Å². The number of carbonyl (C=O) groups excluding carboxylic acids is 2. The summed E-state index contributed by atoms with van der Waals surface area (Å²) in [5.41, 5.74) is 2.00. The number of carbonyl (C=O) groups is 2. The first kappa shape index (κ1) is 19.6. The summed E-state index contributed by atoms with van der Waals surface area (Å²) in [6.07, 6.45) is -0.706. The van der Waals surface area contributed by atoms with Crippen LogP contribution in [0, 0.1) is 0 Å². The average Bonchev–Trinajstić information content (AvgIpc) is 2.80. The van der Waals surface area contributed by atoms with Gasteiger partial charge in [-0.1, -0.05) is 54.6 Å². The van der Waals surface area contributed by atoms with E-state index in [4.69, 9.17) is 4.74 Å². The number of nitrogens with zero attached hydrogens (tertiary/aromatic N) is 1. The number of anilines is 1. The summed E-state index contributed by atoms with van der Waals surface area (Å²) >= 11 is 0. The Labute approximate surface area is 181 Å². The van der Waals surface area contributed by atoms with E-state index in [1.165, 1.54) is 21.2 Å². The second kappa shape index (κ2) is 8.40. The van der Waals surface area contributed by atoms with Crippen LogP contribution in [0.4, 0.5) is 5.69 Å². The summed E-state index contributed by atoms with van der Waals surface area (Å²) in [7, 11) is 0. The molecule has 1 fully saturated rings. The van der Waals surface area contributed by atoms with Crippen LogP contribution in [0.5, 0.6) is 5.75 Å². The smallest absolute Gasteiger partial charge is 0.266 e. The van der Waals surface area contributed by atoms with Crippen molar-refractivity contribution >= 4 is 28.3 Å². The molecule has 0 spiro atoms. The first-order valence-electron chi connectivity index (χ1n) is 10.8. The van der Waals surface area contributed by atoms with Gasteiger partial charge in [0, 0.05) is 5.56 Å². The lowest BCUT2D eigenvalue weighted by Gasteiger charge is -2.33. The topological polar surface area (TPSA) is 63.1 Å². The minimum Gasteiger partial charge on any atom is -0.478 e. The van der Waals surface area contributed by atoms with Crippen LogP contribution >= 0.6 is 0 Å². The Bertz CT molecular complexity index is 1120. The number of hydrogen-bond donors (Lipinski definition) is 2. The lowest BCUT2D eigenvalue weighted by atomic mass is 10.0. The van der Waals surface area contributed by atoms with Crippen molar-refractivity contribution in [2.75, 3.05) is 31.5 Å². The number of nitrogens with one attached hydrogen (secondary N) is 2. The van der Waals surface area contributed by atoms with E-state index in [1.54, 1.807) is 6.07 Å². The quantitative estimate of drug-likeness (QED) is 0.683. The molecular formula is C25H26N3O3+. The number of hydrogen-bond acceptors (Lipinski definition) is 3. The SMILES string of the molecule is O=C1Nc2ccccc2O[C@@H]1CC(=O)N1CC[NH+](Cc2cccc3ccccc23)CC1. The molecule has 31 heavy (non-hydrogen) atoms. The van der Waals surface area contributed by atoms with Crippen LogP contribution in [0.3, 0.4) is 0 Å². The van der Waals surface area contributed by atoms with Gasteiger partial charge in [0.2, 0.25) is 5.91 Å². The molecule has 0 aliphatic carbocycles. The molecule has 0 bridgehead atoms. The number of fused-ring (bicyclic) bond motifs is 2. The van der Waals surface area contributed by atoms with Crippen molar-refractivity contribution in [3.05, 3.63) is 72.3 Å². The van der Waals surface area contributed by atoms with Gasteiger partial charge >= 0.3 is 0 Å². The zero-order valence-electron chi connectivity index (χ0n) is 17.3. The van der Waals surface area contributed by atoms with E-state index in [2.05, 4.69) is 47.8 Å². The van der Waals surface area contributed by atoms with Gasteiger partial charge in [0.1, 0.15) is 12.3 Å². The molecule has 1 atom stereocenters. The van der Waals surface area contributed by atoms with Crippen molar-refractivity contribution < 1.29 is 19.2 Å². The minimum atomic E-state index is -0.775. The Morgan fingerprint density at radius 3 is 2.61 bits per heavy atom. The lowest BCUT2D eigenvalue weighted by molar-refractivity contribution is -0.917. The van der Waals surface area contributed by atoms with Crippen LogP contribution in [0.2, 0.25) is 0 Å². The van der Waals surface area contributed by atoms with E-state index in [0.717, 1.165) is 19.6 Å². The summed E-state index contributed by atoms with van der Waals surface area (Å²) in [5.74, 6) is 0.334. The predicted octanol–water partition coefficient (Wildman–Crippen LogP) is 1.86. The standard InChI is InChI=1S/C25H25N3O3/c29-24(16-23-25(30)26-21-10-3-4-11-22(21)31-23)28-14-12-27(13-15-28)17-19-8-5-7-18-6-1-2-9-20(18)19/h1-11,23H,12-17H2,(H,26,30)/p+1/t23-/m1/s1. The molecule has 3 aromatic carbocycles. The van der Waals surface area contributed by atoms with E-state index in [9.17, 15) is 9.59 Å². The second-order valence-electron chi connectivity index (χ2n) is 8.24. The van der Waals surface area contributed by atoms with Crippen molar-refractivity contribution in [1.82, 2.24) is 4.90 Å². The predicted molar refractivity (Wildman–Crippen MR) is 119 cm³/mol. The zero-order chi connectivity index (χ0) is 21.2. The molecular weight excluding hydrogens is 390 g/mol. The normalized spacial score (nSPS) is 18.9. The third kappa shape index (κ3) is 4.11. The maximum Gasteiger partial charge on any atom is 0.266 e. The van der Waals surface area contributed by atoms with Crippen LogP contribution in [0.15, 0.2) is 66.7 Å². The molecule has 2 aliphatic rings. The average molecular weight is 417 g/mol. The molecule has 6 nitrogen and oxygen atoms in total. The van der Waals surface area contributed by atoms with E-state index in [-0.39, 0.29) is 18.2 Å². The van der Waals surface area contributed by atoms with Crippen LogP contribution in [-0.4, -0.2) is 49.0 Å². The number of quaternary nitrogens is 1. The van der Waals surface area contributed by atoms with Crippen molar-refractivity contribution in [3.63, 3.8) is 0 Å². The van der Waals surface area contributed by atoms with Gasteiger partial charge in [0.15, 0.2) is 6.10 Å². The summed E-state index contributed by atoms with van der Waals surface area (Å²) in [5, 5.41) is 5.40. The van der Waals surface area contributed by atoms with E-state index in [1.807, 2.05) is 23.1 Å². The number of amides is 2. The fraction of sp³-hybridized carbons (Fsp3) is 0.280. The number of para-hydroxylation sites is 2. The van der Waals surface area contributed by atoms with Gasteiger partial charge in [0.25, 0.3) is 5.91 Å². The van der Waals surface area contributed by atoms with E-state index >= 15 is 0 Å². The van der Waals surface area contributed by atoms with Crippen LogP contribution in [0.1, 0.15) is 12.0 Å². The van der Waals surface area contributed by atoms with Gasteiger partial charge in [-0.05, 0) is 22.9 Å². The highest BCUT2D eigenvalue weighted by molar-refractivity contribution is 6.00. The minimum absolute atomic E-state index is 0.0243. The highest BCUT2D eigenvalue weighted by Crippen LogP contribution is 2.29. The Hall–Kier alpha value is -3.38. The van der Waals surface area contributed by atoms with Crippen LogP contribution in [0.25, 0.3) is 10.8 Å². The maximum absolute atomic E-state index is 12.8. The molecule has 1 saturated heterocycles. The lowest BCUT2D eigenvalue weighted by Crippen LogP contribution is -3.13. The first-order chi connectivity index (χ1) is 15.2. The Kier molecular flexibility index (Phi) is 5.30. The zero-order valence-corrected chi connectivity index (χ0v) is 17.3. The van der Waals surface area contributed by atoms with Crippen molar-refractivity contribution in [1.29, 1.82) is 0 Å². The molecule has 2 aliphatic heterocycles. The van der Waals surface area contributed by atoms with E-state index in [0.29, 0.717) is 24.5 Å². The molecule has 158 valence electrons. The van der Waals surface area contributed by atoms with Gasteiger partial charge in [-0.25, -0.2) is 0 Å². The molecule has 0 aromatic heterocycles. The summed E-state index contributed by atoms with van der Waals surface area (Å²) in [6, 6.07) is 22.2. The van der Waals surface area contributed by atoms with Gasteiger partial charge in [-0.3, -0.25) is 9.59 Å². The second-order valence-corrected chi connectivity index (χ2v) is 8.24. The fourth-order valence-electron chi connectivity index (χ4n) is 4.48. The van der Waals surface area contributed by atoms with Gasteiger partial charge in [0.05, 0.1) is 38.3 Å². The maximum atomic E-state index is 12.8. The molecule has 3 aromatic rings. The Morgan fingerprint density at radius 2 is 1.74 bits per heavy atom. The molecule has 6 heteroatoms. The molecule has 0 unspecified atom stereocenters. The summed E-state index contributed by atoms with van der Waals surface area (Å²) in [6.45, 7) is 4.15. The molecule has 5 rings (SSSR count). The largest absolute Gasteiger partial charge is 0.478 e. The van der Waals surface area contributed by atoms with Crippen molar-refractivity contribution in [3.8, 4) is 5.75 Å². The van der Waals surface area contributed by atoms with Crippen molar-refractivity contribution in [2.45, 2.75) is 19.1 Å². The number of piperazine rings is 1. The molecule has 0 saturated carbocycles. The first-order valence-corrected chi connectivity index (χ1v) is 10.8. The van der Waals surface area contributed by atoms with Crippen molar-refractivity contribution in [2.24, 2.45) is 0 Å². The molecule has 2 amide bonds. The summed E-state index contributed by atoms with van der Waals surface area (Å²) < 4.78 is 5.78. The van der Waals surface area contributed by atoms with Gasteiger partial charge < -0.3 is 19.9 Å². The molecule has 2 N–H and O–H groups in total. The Balaban J connectivity index is 1.17. The van der Waals surface area contributed by atoms with E-state index < -0.39 is 6.10 Å². The number of rotatable bonds is 4. The highest BCUT2D eigenvalue weighted by atomic mass is 16.5. The highest BCUT2D eigenvalue weighted by Gasteiger charge is 2.32. The fourth-order valence-corrected chi connectivity index (χ4v) is 4.48. The third-order valence-corrected chi connectivity index (χ3v) is 6.21. The van der Waals surface area contributed by atoms with Gasteiger partial charge in [-0.15, -0.1) is 0 Å². The molecule has 2 heterocycles. The summed E-state index contributed by atoms with van der Waals surface area (Å²) in [4.78, 5) is 28.5. The van der Waals surface area contributed by atoms with Crippen LogP contribution in [-0.2, 0) is 16.1 Å². The van der Waals surface area contributed by atoms with Gasteiger partial charge in [-0.2, -0.15) is 0 Å².